The molecule has 6 heteroatoms. The molecule has 2 amide bonds. The first kappa shape index (κ1) is 16.4. The second-order valence-corrected chi connectivity index (χ2v) is 6.77. The number of amides is 2. The zero-order chi connectivity index (χ0) is 16.4. The van der Waals surface area contributed by atoms with Crippen molar-refractivity contribution in [2.75, 3.05) is 18.1 Å². The van der Waals surface area contributed by atoms with Gasteiger partial charge in [0.15, 0.2) is 6.04 Å². The van der Waals surface area contributed by atoms with Crippen LogP contribution in [-0.2, 0) is 9.59 Å². The quantitative estimate of drug-likeness (QED) is 0.799. The molecule has 3 rings (SSSR count). The number of nitrogens with one attached hydrogen (secondary N) is 1. The van der Waals surface area contributed by atoms with Gasteiger partial charge >= 0.3 is 0 Å². The molecule has 3 atom stereocenters. The van der Waals surface area contributed by atoms with Gasteiger partial charge in [-0.15, -0.1) is 0 Å². The molecule has 2 aliphatic rings. The molecule has 0 radical (unpaired) electrons. The van der Waals surface area contributed by atoms with E-state index in [4.69, 9.17) is 11.6 Å². The number of piperidine rings is 1. The predicted molar refractivity (Wildman–Crippen MR) is 87.5 cm³/mol. The minimum absolute atomic E-state index is 0.128. The summed E-state index contributed by atoms with van der Waals surface area (Å²) in [6.45, 7) is 1.02. The molecule has 2 heterocycles. The second-order valence-electron chi connectivity index (χ2n) is 6.33. The Kier molecular flexibility index (Phi) is 4.99. The van der Waals surface area contributed by atoms with Crippen LogP contribution in [0, 0.1) is 0 Å². The summed E-state index contributed by atoms with van der Waals surface area (Å²) in [5, 5.41) is 9.84. The predicted octanol–water partition coefficient (Wildman–Crippen LogP) is 0.792. The van der Waals surface area contributed by atoms with Crippen molar-refractivity contribution in [3.05, 3.63) is 29.3 Å². The van der Waals surface area contributed by atoms with Gasteiger partial charge in [0.05, 0.1) is 24.7 Å². The highest BCUT2D eigenvalue weighted by Crippen LogP contribution is 2.24. The van der Waals surface area contributed by atoms with Gasteiger partial charge in [0, 0.05) is 18.1 Å². The lowest BCUT2D eigenvalue weighted by Gasteiger charge is -2.35. The minimum Gasteiger partial charge on any atom is -0.396 e. The Morgan fingerprint density at radius 3 is 2.65 bits per heavy atom. The maximum absolute atomic E-state index is 12.8. The van der Waals surface area contributed by atoms with Gasteiger partial charge in [-0.3, -0.25) is 9.59 Å². The number of rotatable bonds is 4. The largest absolute Gasteiger partial charge is 0.396 e. The van der Waals surface area contributed by atoms with E-state index in [2.05, 4.69) is 0 Å². The fourth-order valence-corrected chi connectivity index (χ4v) is 3.96. The van der Waals surface area contributed by atoms with Crippen LogP contribution in [0.4, 0.5) is 5.69 Å². The highest BCUT2D eigenvalue weighted by Gasteiger charge is 2.48. The second kappa shape index (κ2) is 6.99. The molecule has 124 valence electrons. The number of hydrogen-bond donors (Lipinski definition) is 2. The van der Waals surface area contributed by atoms with E-state index in [-0.39, 0.29) is 36.9 Å². The van der Waals surface area contributed by atoms with E-state index in [9.17, 15) is 14.7 Å². The summed E-state index contributed by atoms with van der Waals surface area (Å²) in [4.78, 5) is 27.7. The van der Waals surface area contributed by atoms with E-state index in [0.29, 0.717) is 17.1 Å². The van der Waals surface area contributed by atoms with Crippen molar-refractivity contribution in [1.82, 2.24) is 0 Å². The van der Waals surface area contributed by atoms with Crippen molar-refractivity contribution in [2.24, 2.45) is 0 Å². The number of benzene rings is 1. The van der Waals surface area contributed by atoms with E-state index in [1.165, 1.54) is 9.80 Å². The van der Waals surface area contributed by atoms with Crippen LogP contribution in [0.5, 0.6) is 0 Å². The normalized spacial score (nSPS) is 28.4. The van der Waals surface area contributed by atoms with Gasteiger partial charge in [0.2, 0.25) is 5.91 Å². The topological polar surface area (TPSA) is 62.1 Å². The Morgan fingerprint density at radius 2 is 1.96 bits per heavy atom. The van der Waals surface area contributed by atoms with Gasteiger partial charge < -0.3 is 10.0 Å². The van der Waals surface area contributed by atoms with E-state index < -0.39 is 0 Å². The molecule has 0 spiro atoms. The average Bonchev–Trinajstić information content (AvgIpc) is 2.84. The summed E-state index contributed by atoms with van der Waals surface area (Å²) >= 11 is 5.88. The SMILES string of the molecule is O=C1C[C@@H]([NH+]2CCCC[C@@H]2CCO)C(=O)N1c1ccc(Cl)cc1. The number of quaternary nitrogens is 1. The number of imide groups is 1. The lowest BCUT2D eigenvalue weighted by molar-refractivity contribution is -0.945. The Bertz CT molecular complexity index is 588. The van der Waals surface area contributed by atoms with Crippen LogP contribution in [0.2, 0.25) is 5.02 Å². The highest BCUT2D eigenvalue weighted by molar-refractivity contribution is 6.30. The number of likely N-dealkylation sites (tertiary alicyclic amines) is 1. The van der Waals surface area contributed by atoms with Gasteiger partial charge in [0.1, 0.15) is 0 Å². The molecule has 1 unspecified atom stereocenters. The summed E-state index contributed by atoms with van der Waals surface area (Å²) < 4.78 is 0. The van der Waals surface area contributed by atoms with E-state index >= 15 is 0 Å². The molecule has 1 aromatic carbocycles. The molecular formula is C17H22ClN2O3+. The van der Waals surface area contributed by atoms with Gasteiger partial charge in [-0.1, -0.05) is 11.6 Å². The molecule has 2 fully saturated rings. The maximum Gasteiger partial charge on any atom is 0.292 e. The number of aliphatic hydroxyl groups is 1. The number of anilines is 1. The van der Waals surface area contributed by atoms with Gasteiger partial charge in [-0.2, -0.15) is 0 Å². The Labute approximate surface area is 140 Å². The zero-order valence-electron chi connectivity index (χ0n) is 13.0. The van der Waals surface area contributed by atoms with Crippen molar-refractivity contribution in [3.8, 4) is 0 Å². The summed E-state index contributed by atoms with van der Waals surface area (Å²) in [5.74, 6) is -0.277. The first-order chi connectivity index (χ1) is 11.1. The number of carbonyl (C=O) groups excluding carboxylic acids is 2. The summed E-state index contributed by atoms with van der Waals surface area (Å²) in [6, 6.07) is 6.73. The van der Waals surface area contributed by atoms with E-state index in [0.717, 1.165) is 25.8 Å². The molecular weight excluding hydrogens is 316 g/mol. The van der Waals surface area contributed by atoms with Crippen molar-refractivity contribution in [2.45, 2.75) is 44.2 Å². The Morgan fingerprint density at radius 1 is 1.22 bits per heavy atom. The average molecular weight is 338 g/mol. The van der Waals surface area contributed by atoms with E-state index in [1.807, 2.05) is 0 Å². The van der Waals surface area contributed by atoms with Crippen LogP contribution < -0.4 is 9.80 Å². The minimum atomic E-state index is -0.324. The number of halogens is 1. The van der Waals surface area contributed by atoms with Crippen LogP contribution >= 0.6 is 11.6 Å². The van der Waals surface area contributed by atoms with Crippen LogP contribution in [-0.4, -0.2) is 42.2 Å². The maximum atomic E-state index is 12.8. The smallest absolute Gasteiger partial charge is 0.292 e. The van der Waals surface area contributed by atoms with Crippen molar-refractivity contribution in [1.29, 1.82) is 0 Å². The molecule has 0 aromatic heterocycles. The van der Waals surface area contributed by atoms with Crippen LogP contribution in [0.15, 0.2) is 24.3 Å². The lowest BCUT2D eigenvalue weighted by Crippen LogP contribution is -3.20. The monoisotopic (exact) mass is 337 g/mol. The Balaban J connectivity index is 1.81. The molecule has 0 aliphatic carbocycles. The molecule has 0 bridgehead atoms. The lowest BCUT2D eigenvalue weighted by atomic mass is 9.97. The molecule has 0 saturated carbocycles. The first-order valence-electron chi connectivity index (χ1n) is 8.20. The van der Waals surface area contributed by atoms with Crippen molar-refractivity contribution in [3.63, 3.8) is 0 Å². The fraction of sp³-hybridized carbons (Fsp3) is 0.529. The molecule has 2 aliphatic heterocycles. The fourth-order valence-electron chi connectivity index (χ4n) is 3.84. The third kappa shape index (κ3) is 3.27. The van der Waals surface area contributed by atoms with E-state index in [1.54, 1.807) is 24.3 Å². The van der Waals surface area contributed by atoms with Gasteiger partial charge in [-0.25, -0.2) is 4.90 Å². The molecule has 1 aromatic rings. The van der Waals surface area contributed by atoms with Crippen LogP contribution in [0.3, 0.4) is 0 Å². The number of nitrogens with zero attached hydrogens (tertiary/aromatic N) is 1. The number of aliphatic hydroxyl groups excluding tert-OH is 1. The third-order valence-electron chi connectivity index (χ3n) is 4.95. The third-order valence-corrected chi connectivity index (χ3v) is 5.20. The van der Waals surface area contributed by atoms with Crippen LogP contribution in [0.25, 0.3) is 0 Å². The van der Waals surface area contributed by atoms with Gasteiger partial charge in [-0.05, 0) is 43.5 Å². The van der Waals surface area contributed by atoms with Crippen molar-refractivity contribution >= 4 is 29.1 Å². The molecule has 2 N–H and O–H groups in total. The summed E-state index contributed by atoms with van der Waals surface area (Å²) in [6.07, 6.45) is 4.14. The molecule has 5 nitrogen and oxygen atoms in total. The first-order valence-corrected chi connectivity index (χ1v) is 8.58. The van der Waals surface area contributed by atoms with Crippen LogP contribution in [0.1, 0.15) is 32.1 Å². The summed E-state index contributed by atoms with van der Waals surface area (Å²) in [5.41, 5.74) is 0.585. The van der Waals surface area contributed by atoms with Gasteiger partial charge in [0.25, 0.3) is 5.91 Å². The summed E-state index contributed by atoms with van der Waals surface area (Å²) in [7, 11) is 0. The number of hydrogen-bond acceptors (Lipinski definition) is 3. The molecule has 23 heavy (non-hydrogen) atoms. The number of carbonyl (C=O) groups is 2. The highest BCUT2D eigenvalue weighted by atomic mass is 35.5. The van der Waals surface area contributed by atoms with Crippen molar-refractivity contribution < 1.29 is 19.6 Å². The Hall–Kier alpha value is -1.43. The standard InChI is InChI=1S/C17H21ClN2O3/c18-12-4-6-14(7-5-12)20-16(22)11-15(17(20)23)19-9-2-1-3-13(19)8-10-21/h4-7,13,15,21H,1-3,8-11H2/p+1/t13-,15-/m1/s1. The zero-order valence-corrected chi connectivity index (χ0v) is 13.8. The molecule has 2 saturated heterocycles.